The van der Waals surface area contributed by atoms with Crippen LogP contribution in [0.4, 0.5) is 11.8 Å². The molecule has 8 heteroatoms. The molecule has 8 nitrogen and oxygen atoms in total. The first-order valence-corrected chi connectivity index (χ1v) is 9.31. The second-order valence-corrected chi connectivity index (χ2v) is 6.93. The average Bonchev–Trinajstić information content (AvgIpc) is 3.09. The summed E-state index contributed by atoms with van der Waals surface area (Å²) in [6, 6.07) is 4.01. The van der Waals surface area contributed by atoms with Crippen molar-refractivity contribution < 1.29 is 5.11 Å². The molecule has 3 aromatic heterocycles. The average molecular weight is 369 g/mol. The van der Waals surface area contributed by atoms with Gasteiger partial charge in [0.15, 0.2) is 17.0 Å². The number of aliphatic hydroxyl groups is 1. The Morgan fingerprint density at radius 1 is 1.22 bits per heavy atom. The van der Waals surface area contributed by atoms with Crippen molar-refractivity contribution in [3.8, 4) is 0 Å². The van der Waals surface area contributed by atoms with Crippen LogP contribution in [0.5, 0.6) is 0 Å². The van der Waals surface area contributed by atoms with Gasteiger partial charge in [-0.2, -0.15) is 9.97 Å². The Morgan fingerprint density at radius 3 is 2.67 bits per heavy atom. The number of fused-ring (bicyclic) bond motifs is 1. The molecule has 0 unspecified atom stereocenters. The van der Waals surface area contributed by atoms with Gasteiger partial charge in [0, 0.05) is 25.0 Å². The van der Waals surface area contributed by atoms with E-state index in [1.165, 1.54) is 0 Å². The highest BCUT2D eigenvalue weighted by Crippen LogP contribution is 2.24. The van der Waals surface area contributed by atoms with Crippen LogP contribution >= 0.6 is 0 Å². The molecule has 0 aliphatic rings. The lowest BCUT2D eigenvalue weighted by Crippen LogP contribution is -2.31. The molecule has 2 atom stereocenters. The van der Waals surface area contributed by atoms with Crippen LogP contribution < -0.4 is 10.6 Å². The van der Waals surface area contributed by atoms with Gasteiger partial charge < -0.3 is 20.3 Å². The zero-order chi connectivity index (χ0) is 19.4. The van der Waals surface area contributed by atoms with Gasteiger partial charge in [-0.15, -0.1) is 0 Å². The lowest BCUT2D eigenvalue weighted by molar-refractivity contribution is 0.169. The predicted octanol–water partition coefficient (Wildman–Crippen LogP) is 2.99. The molecule has 0 aromatic carbocycles. The van der Waals surface area contributed by atoms with Gasteiger partial charge in [-0.1, -0.05) is 13.0 Å². The monoisotopic (exact) mass is 369 g/mol. The van der Waals surface area contributed by atoms with Gasteiger partial charge in [0.1, 0.15) is 0 Å². The smallest absolute Gasteiger partial charge is 0.227 e. The molecule has 0 amide bonds. The number of nitrogens with one attached hydrogen (secondary N) is 2. The summed E-state index contributed by atoms with van der Waals surface area (Å²) in [6.45, 7) is 8.54. The summed E-state index contributed by atoms with van der Waals surface area (Å²) in [5.74, 6) is 1.14. The third kappa shape index (κ3) is 4.33. The number of rotatable bonds is 8. The van der Waals surface area contributed by atoms with Crippen molar-refractivity contribution >= 4 is 22.9 Å². The number of pyridine rings is 1. The molecule has 0 spiro atoms. The van der Waals surface area contributed by atoms with Crippen LogP contribution in [-0.4, -0.2) is 41.8 Å². The van der Waals surface area contributed by atoms with Crippen molar-refractivity contribution in [2.24, 2.45) is 0 Å². The lowest BCUT2D eigenvalue weighted by atomic mass is 10.1. The molecule has 0 bridgehead atoms. The number of hydrogen-bond acceptors (Lipinski definition) is 7. The molecule has 27 heavy (non-hydrogen) atoms. The Labute approximate surface area is 159 Å². The Balaban J connectivity index is 1.96. The van der Waals surface area contributed by atoms with Gasteiger partial charge >= 0.3 is 0 Å². The predicted molar refractivity (Wildman–Crippen MR) is 107 cm³/mol. The van der Waals surface area contributed by atoms with E-state index in [-0.39, 0.29) is 12.1 Å². The first kappa shape index (κ1) is 19.0. The Kier molecular flexibility index (Phi) is 5.85. The van der Waals surface area contributed by atoms with E-state index in [0.717, 1.165) is 23.1 Å². The summed E-state index contributed by atoms with van der Waals surface area (Å²) < 4.78 is 2.01. The second-order valence-electron chi connectivity index (χ2n) is 6.93. The summed E-state index contributed by atoms with van der Waals surface area (Å²) in [7, 11) is 0. The molecule has 3 heterocycles. The lowest BCUT2D eigenvalue weighted by Gasteiger charge is -2.20. The summed E-state index contributed by atoms with van der Waals surface area (Å²) in [5, 5.41) is 16.5. The maximum absolute atomic E-state index is 9.95. The molecule has 0 aliphatic heterocycles. The van der Waals surface area contributed by atoms with Crippen LogP contribution in [0.3, 0.4) is 0 Å². The van der Waals surface area contributed by atoms with Crippen LogP contribution in [-0.2, 0) is 6.54 Å². The highest BCUT2D eigenvalue weighted by Gasteiger charge is 2.18. The highest BCUT2D eigenvalue weighted by molar-refractivity contribution is 5.84. The van der Waals surface area contributed by atoms with Crippen LogP contribution in [0.2, 0.25) is 0 Å². The molecular weight excluding hydrogens is 342 g/mol. The fraction of sp³-hybridized carbons (Fsp3) is 0.474. The Morgan fingerprint density at radius 2 is 2.04 bits per heavy atom. The molecule has 0 fully saturated rings. The fourth-order valence-electron chi connectivity index (χ4n) is 2.90. The minimum absolute atomic E-state index is 0.121. The van der Waals surface area contributed by atoms with Gasteiger partial charge in [0.2, 0.25) is 5.95 Å². The number of nitrogens with zero attached hydrogens (tertiary/aromatic N) is 5. The maximum atomic E-state index is 9.95. The number of imidazole rings is 1. The molecule has 0 saturated heterocycles. The quantitative estimate of drug-likeness (QED) is 0.561. The van der Waals surface area contributed by atoms with Crippen LogP contribution in [0.15, 0.2) is 30.9 Å². The van der Waals surface area contributed by atoms with E-state index >= 15 is 0 Å². The molecule has 0 aliphatic carbocycles. The third-order valence-corrected chi connectivity index (χ3v) is 4.50. The van der Waals surface area contributed by atoms with Crippen molar-refractivity contribution in [3.63, 3.8) is 0 Å². The minimum Gasteiger partial charge on any atom is -0.391 e. The van der Waals surface area contributed by atoms with Gasteiger partial charge in [0.05, 0.1) is 18.5 Å². The van der Waals surface area contributed by atoms with E-state index in [2.05, 4.69) is 44.4 Å². The van der Waals surface area contributed by atoms with Crippen molar-refractivity contribution in [3.05, 3.63) is 36.4 Å². The molecule has 3 N–H and O–H groups in total. The topological polar surface area (TPSA) is 101 Å². The summed E-state index contributed by atoms with van der Waals surface area (Å²) in [5.41, 5.74) is 2.54. The first-order chi connectivity index (χ1) is 13.0. The van der Waals surface area contributed by atoms with Crippen molar-refractivity contribution in [1.29, 1.82) is 0 Å². The molecule has 0 saturated carbocycles. The summed E-state index contributed by atoms with van der Waals surface area (Å²) in [4.78, 5) is 17.9. The molecular formula is C19H27N7O. The van der Waals surface area contributed by atoms with Crippen LogP contribution in [0, 0.1) is 0 Å². The van der Waals surface area contributed by atoms with Gasteiger partial charge in [-0.05, 0) is 38.8 Å². The molecule has 3 aromatic rings. The van der Waals surface area contributed by atoms with E-state index in [0.29, 0.717) is 18.3 Å². The SMILES string of the molecule is CC[C@@H](Nc1nc(NCc2cccnc2)c2ncn(C(C)C)c2n1)[C@@H](C)O. The number of hydrogen-bond donors (Lipinski definition) is 3. The summed E-state index contributed by atoms with van der Waals surface area (Å²) in [6.07, 6.45) is 5.61. The van der Waals surface area contributed by atoms with E-state index < -0.39 is 6.10 Å². The Hall–Kier alpha value is -2.74. The molecule has 3 rings (SSSR count). The first-order valence-electron chi connectivity index (χ1n) is 9.31. The largest absolute Gasteiger partial charge is 0.391 e. The van der Waals surface area contributed by atoms with Gasteiger partial charge in [-0.3, -0.25) is 4.98 Å². The minimum atomic E-state index is -0.504. The standard InChI is InChI=1S/C19H27N7O/c1-5-15(13(4)27)23-19-24-17(21-10-14-7-6-8-20-9-14)16-18(25-19)26(11-22-16)12(2)3/h6-9,11-13,15,27H,5,10H2,1-4H3,(H2,21,23,24,25)/t13-,15-/m1/s1. The van der Waals surface area contributed by atoms with Crippen molar-refractivity contribution in [1.82, 2.24) is 24.5 Å². The molecule has 0 radical (unpaired) electrons. The van der Waals surface area contributed by atoms with Crippen molar-refractivity contribution in [2.75, 3.05) is 10.6 Å². The zero-order valence-corrected chi connectivity index (χ0v) is 16.2. The van der Waals surface area contributed by atoms with Crippen molar-refractivity contribution in [2.45, 2.75) is 58.8 Å². The fourth-order valence-corrected chi connectivity index (χ4v) is 2.90. The van der Waals surface area contributed by atoms with E-state index in [1.54, 1.807) is 19.4 Å². The number of anilines is 2. The third-order valence-electron chi connectivity index (χ3n) is 4.50. The number of aromatic nitrogens is 5. The van der Waals surface area contributed by atoms with Crippen LogP contribution in [0.25, 0.3) is 11.2 Å². The second kappa shape index (κ2) is 8.30. The van der Waals surface area contributed by atoms with Gasteiger partial charge in [0.25, 0.3) is 0 Å². The van der Waals surface area contributed by atoms with E-state index in [9.17, 15) is 5.11 Å². The van der Waals surface area contributed by atoms with Crippen LogP contribution in [0.1, 0.15) is 45.7 Å². The number of aliphatic hydroxyl groups excluding tert-OH is 1. The maximum Gasteiger partial charge on any atom is 0.227 e. The van der Waals surface area contributed by atoms with E-state index in [1.807, 2.05) is 29.8 Å². The normalized spacial score (nSPS) is 13.7. The Bertz CT molecular complexity index is 876. The van der Waals surface area contributed by atoms with Gasteiger partial charge in [-0.25, -0.2) is 4.98 Å². The molecule has 144 valence electrons. The highest BCUT2D eigenvalue weighted by atomic mass is 16.3. The zero-order valence-electron chi connectivity index (χ0n) is 16.2. The van der Waals surface area contributed by atoms with E-state index in [4.69, 9.17) is 0 Å². The summed E-state index contributed by atoms with van der Waals surface area (Å²) >= 11 is 0.